The molecule has 1 aliphatic carbocycles. The van der Waals surface area contributed by atoms with E-state index in [1.54, 1.807) is 0 Å². The summed E-state index contributed by atoms with van der Waals surface area (Å²) in [6.45, 7) is 3.62. The zero-order valence-electron chi connectivity index (χ0n) is 17.9. The van der Waals surface area contributed by atoms with Crippen LogP contribution in [0, 0.1) is 11.8 Å². The quantitative estimate of drug-likeness (QED) is 0.820. The van der Waals surface area contributed by atoms with Gasteiger partial charge in [0.25, 0.3) is 5.91 Å². The van der Waals surface area contributed by atoms with Crippen molar-refractivity contribution in [2.24, 2.45) is 11.8 Å². The van der Waals surface area contributed by atoms with Crippen LogP contribution in [0.1, 0.15) is 42.5 Å². The first kappa shape index (κ1) is 20.3. The van der Waals surface area contributed by atoms with E-state index < -0.39 is 6.10 Å². The van der Waals surface area contributed by atoms with E-state index in [4.69, 9.17) is 4.74 Å². The van der Waals surface area contributed by atoms with Crippen molar-refractivity contribution in [3.8, 4) is 5.75 Å². The van der Waals surface area contributed by atoms with E-state index in [1.807, 2.05) is 53.7 Å². The van der Waals surface area contributed by atoms with E-state index in [1.165, 1.54) is 12.1 Å². The zero-order chi connectivity index (χ0) is 21.2. The van der Waals surface area contributed by atoms with E-state index in [0.717, 1.165) is 51.9 Å². The summed E-state index contributed by atoms with van der Waals surface area (Å²) in [5.74, 6) is 1.74. The van der Waals surface area contributed by atoms with Crippen molar-refractivity contribution in [3.05, 3.63) is 54.4 Å². The topological polar surface area (TPSA) is 65.9 Å². The van der Waals surface area contributed by atoms with Gasteiger partial charge in [0.15, 0.2) is 0 Å². The first-order valence-corrected chi connectivity index (χ1v) is 11.6. The second-order valence-electron chi connectivity index (χ2n) is 9.21. The number of rotatable bonds is 4. The summed E-state index contributed by atoms with van der Waals surface area (Å²) in [4.78, 5) is 21.3. The van der Waals surface area contributed by atoms with Crippen molar-refractivity contribution < 1.29 is 14.6 Å². The number of amides is 1. The lowest BCUT2D eigenvalue weighted by atomic mass is 9.78. The van der Waals surface area contributed by atoms with Gasteiger partial charge in [0.1, 0.15) is 11.9 Å². The van der Waals surface area contributed by atoms with Gasteiger partial charge in [-0.1, -0.05) is 6.07 Å². The molecule has 1 aromatic heterocycles. The van der Waals surface area contributed by atoms with Crippen molar-refractivity contribution >= 4 is 11.6 Å². The van der Waals surface area contributed by atoms with E-state index >= 15 is 0 Å². The minimum absolute atomic E-state index is 0.0817. The Morgan fingerprint density at radius 1 is 1.00 bits per heavy atom. The van der Waals surface area contributed by atoms with E-state index in [2.05, 4.69) is 9.88 Å². The van der Waals surface area contributed by atoms with Crippen LogP contribution in [0.5, 0.6) is 5.75 Å². The van der Waals surface area contributed by atoms with E-state index in [9.17, 15) is 9.90 Å². The highest BCUT2D eigenvalue weighted by atomic mass is 16.5. The number of aliphatic hydroxyl groups is 1. The summed E-state index contributed by atoms with van der Waals surface area (Å²) >= 11 is 0. The molecule has 1 N–H and O–H groups in total. The molecule has 5 rings (SSSR count). The van der Waals surface area contributed by atoms with Gasteiger partial charge in [0.05, 0.1) is 6.10 Å². The molecule has 0 unspecified atom stereocenters. The lowest BCUT2D eigenvalue weighted by molar-refractivity contribution is -0.0231. The highest BCUT2D eigenvalue weighted by Gasteiger charge is 2.42. The lowest BCUT2D eigenvalue weighted by Gasteiger charge is -2.35. The molecule has 0 spiro atoms. The highest BCUT2D eigenvalue weighted by Crippen LogP contribution is 2.39. The van der Waals surface area contributed by atoms with Gasteiger partial charge >= 0.3 is 0 Å². The third kappa shape index (κ3) is 4.40. The number of hydrogen-bond donors (Lipinski definition) is 1. The van der Waals surface area contributed by atoms with E-state index in [-0.39, 0.29) is 12.0 Å². The molecule has 0 radical (unpaired) electrons. The van der Waals surface area contributed by atoms with Crippen LogP contribution < -0.4 is 9.64 Å². The molecule has 2 saturated heterocycles. The predicted molar refractivity (Wildman–Crippen MR) is 119 cm³/mol. The summed E-state index contributed by atoms with van der Waals surface area (Å²) in [5, 5.41) is 10.8. The number of ether oxygens (including phenoxy) is 1. The molecule has 3 fully saturated rings. The first-order valence-electron chi connectivity index (χ1n) is 11.6. The van der Waals surface area contributed by atoms with Crippen LogP contribution in [-0.2, 0) is 0 Å². The van der Waals surface area contributed by atoms with Crippen molar-refractivity contribution in [2.75, 3.05) is 31.1 Å². The smallest absolute Gasteiger partial charge is 0.253 e. The molecule has 3 heterocycles. The summed E-state index contributed by atoms with van der Waals surface area (Å²) in [7, 11) is 0. The second-order valence-corrected chi connectivity index (χ2v) is 9.21. The number of hydrogen-bond acceptors (Lipinski definition) is 5. The Bertz CT molecular complexity index is 900. The van der Waals surface area contributed by atoms with Gasteiger partial charge < -0.3 is 19.6 Å². The Balaban J connectivity index is 1.24. The summed E-state index contributed by atoms with van der Waals surface area (Å²) < 4.78 is 6.25. The number of benzene rings is 1. The van der Waals surface area contributed by atoms with Gasteiger partial charge in [-0.15, -0.1) is 0 Å². The molecule has 4 atom stereocenters. The average molecular weight is 422 g/mol. The largest absolute Gasteiger partial charge is 0.488 e. The van der Waals surface area contributed by atoms with Crippen molar-refractivity contribution in [1.29, 1.82) is 0 Å². The lowest BCUT2D eigenvalue weighted by Crippen LogP contribution is -2.42. The maximum absolute atomic E-state index is 12.8. The number of fused-ring (bicyclic) bond motifs is 1. The van der Waals surface area contributed by atoms with Crippen molar-refractivity contribution in [3.63, 3.8) is 0 Å². The van der Waals surface area contributed by atoms with Gasteiger partial charge in [-0.3, -0.25) is 9.78 Å². The third-order valence-electron chi connectivity index (χ3n) is 7.12. The van der Waals surface area contributed by atoms with Gasteiger partial charge in [-0.25, -0.2) is 0 Å². The fourth-order valence-electron chi connectivity index (χ4n) is 5.44. The monoisotopic (exact) mass is 421 g/mol. The molecule has 3 aliphatic rings. The molecular weight excluding hydrogens is 390 g/mol. The predicted octanol–water partition coefficient (Wildman–Crippen LogP) is 3.36. The molecule has 164 valence electrons. The highest BCUT2D eigenvalue weighted by molar-refractivity contribution is 5.94. The summed E-state index contributed by atoms with van der Waals surface area (Å²) in [6.07, 6.45) is 7.88. The van der Waals surface area contributed by atoms with Gasteiger partial charge in [0.2, 0.25) is 0 Å². The minimum atomic E-state index is -0.486. The molecular formula is C25H31N3O3. The Kier molecular flexibility index (Phi) is 5.81. The van der Waals surface area contributed by atoms with Crippen LogP contribution in [-0.4, -0.2) is 59.3 Å². The number of piperidine rings is 1. The SMILES string of the molecule is O=C(c1cccc(O[C@@H]2C[C@@H]3CN(c4ccncc4)C[C@@H]3C[C@H]2O)c1)N1CCCCC1. The van der Waals surface area contributed by atoms with Crippen molar-refractivity contribution in [1.82, 2.24) is 9.88 Å². The van der Waals surface area contributed by atoms with Crippen LogP contribution >= 0.6 is 0 Å². The maximum Gasteiger partial charge on any atom is 0.253 e. The fraction of sp³-hybridized carbons (Fsp3) is 0.520. The Labute approximate surface area is 183 Å². The molecule has 1 aromatic carbocycles. The number of aliphatic hydroxyl groups excluding tert-OH is 1. The molecule has 2 aromatic rings. The number of carbonyl (C=O) groups excluding carboxylic acids is 1. The number of nitrogens with zero attached hydrogens (tertiary/aromatic N) is 3. The van der Waals surface area contributed by atoms with Gasteiger partial charge in [-0.2, -0.15) is 0 Å². The molecule has 6 nitrogen and oxygen atoms in total. The van der Waals surface area contributed by atoms with Crippen molar-refractivity contribution in [2.45, 2.75) is 44.3 Å². The summed E-state index contributed by atoms with van der Waals surface area (Å²) in [6, 6.07) is 11.6. The van der Waals surface area contributed by atoms with Crippen LogP contribution in [0.4, 0.5) is 5.69 Å². The zero-order valence-corrected chi connectivity index (χ0v) is 17.9. The van der Waals surface area contributed by atoms with Crippen LogP contribution in [0.15, 0.2) is 48.8 Å². The normalized spacial score (nSPS) is 28.3. The minimum Gasteiger partial charge on any atom is -0.488 e. The Hall–Kier alpha value is -2.60. The van der Waals surface area contributed by atoms with Crippen LogP contribution in [0.3, 0.4) is 0 Å². The fourth-order valence-corrected chi connectivity index (χ4v) is 5.44. The number of aromatic nitrogens is 1. The van der Waals surface area contributed by atoms with Crippen LogP contribution in [0.2, 0.25) is 0 Å². The average Bonchev–Trinajstić information content (AvgIpc) is 3.23. The molecule has 1 amide bonds. The molecule has 6 heteroatoms. The van der Waals surface area contributed by atoms with Crippen LogP contribution in [0.25, 0.3) is 0 Å². The van der Waals surface area contributed by atoms with E-state index in [0.29, 0.717) is 23.1 Å². The Morgan fingerprint density at radius 2 is 1.74 bits per heavy atom. The molecule has 31 heavy (non-hydrogen) atoms. The molecule has 1 saturated carbocycles. The standard InChI is InChI=1S/C25H31N3O3/c29-23-14-19-16-28(21-7-9-26-10-8-21)17-20(19)15-24(23)31-22-6-4-5-18(13-22)25(30)27-11-2-1-3-12-27/h4-10,13,19-20,23-24,29H,1-3,11-12,14-17H2/t19-,20+,23+,24+/m0/s1. The maximum atomic E-state index is 12.8. The number of likely N-dealkylation sites (tertiary alicyclic amines) is 1. The summed E-state index contributed by atoms with van der Waals surface area (Å²) in [5.41, 5.74) is 1.87. The van der Waals surface area contributed by atoms with Gasteiger partial charge in [-0.05, 0) is 74.3 Å². The number of carbonyl (C=O) groups is 1. The third-order valence-corrected chi connectivity index (χ3v) is 7.12. The number of pyridine rings is 1. The molecule has 0 bridgehead atoms. The first-order chi connectivity index (χ1) is 15.2. The molecule has 2 aliphatic heterocycles. The Morgan fingerprint density at radius 3 is 2.52 bits per heavy atom. The number of anilines is 1. The second kappa shape index (κ2) is 8.87. The van der Waals surface area contributed by atoms with Gasteiger partial charge in [0, 0.05) is 49.8 Å².